The summed E-state index contributed by atoms with van der Waals surface area (Å²) in [5.41, 5.74) is -0.677. The highest BCUT2D eigenvalue weighted by molar-refractivity contribution is 5.80. The van der Waals surface area contributed by atoms with E-state index in [4.69, 9.17) is 0 Å². The highest BCUT2D eigenvalue weighted by Crippen LogP contribution is 2.41. The quantitative estimate of drug-likeness (QED) is 0.697. The molecule has 0 aromatic carbocycles. The molecule has 9 nitrogen and oxygen atoms in total. The highest BCUT2D eigenvalue weighted by atomic mass is 16.2. The summed E-state index contributed by atoms with van der Waals surface area (Å²) in [6, 6.07) is 1.49. The summed E-state index contributed by atoms with van der Waals surface area (Å²) in [7, 11) is 4.03. The maximum Gasteiger partial charge on any atom is 0.266 e. The molecule has 29 heavy (non-hydrogen) atoms. The van der Waals surface area contributed by atoms with Crippen molar-refractivity contribution >= 4 is 11.8 Å². The molecule has 2 N–H and O–H groups in total. The van der Waals surface area contributed by atoms with Crippen LogP contribution in [0.25, 0.3) is 0 Å². The Morgan fingerprint density at radius 2 is 1.93 bits per heavy atom. The minimum absolute atomic E-state index is 0.0790. The molecule has 3 aliphatic heterocycles. The zero-order valence-electron chi connectivity index (χ0n) is 17.0. The van der Waals surface area contributed by atoms with E-state index in [2.05, 4.69) is 20.0 Å². The normalized spacial score (nSPS) is 29.1. The Hall–Kier alpha value is -2.42. The van der Waals surface area contributed by atoms with Gasteiger partial charge >= 0.3 is 0 Å². The van der Waals surface area contributed by atoms with Crippen molar-refractivity contribution in [2.75, 3.05) is 33.7 Å². The molecule has 3 fully saturated rings. The van der Waals surface area contributed by atoms with Crippen molar-refractivity contribution in [1.29, 1.82) is 0 Å². The molecule has 2 bridgehead atoms. The van der Waals surface area contributed by atoms with E-state index in [-0.39, 0.29) is 47.7 Å². The molecule has 0 spiro atoms. The summed E-state index contributed by atoms with van der Waals surface area (Å²) < 4.78 is 0. The van der Waals surface area contributed by atoms with Crippen LogP contribution in [0.15, 0.2) is 15.7 Å². The summed E-state index contributed by atoms with van der Waals surface area (Å²) in [5, 5.41) is 4.50. The van der Waals surface area contributed by atoms with E-state index in [1.165, 1.54) is 6.07 Å². The number of fused-ring (bicyclic) bond motifs is 4. The summed E-state index contributed by atoms with van der Waals surface area (Å²) in [5.74, 6) is 0.626. The van der Waals surface area contributed by atoms with Crippen LogP contribution in [-0.4, -0.2) is 82.5 Å². The number of carbonyl (C=O) groups is 2. The van der Waals surface area contributed by atoms with E-state index >= 15 is 0 Å². The number of likely N-dealkylation sites (N-methyl/N-ethyl adjacent to an activating group) is 1. The van der Waals surface area contributed by atoms with E-state index < -0.39 is 11.1 Å². The average Bonchev–Trinajstić information content (AvgIpc) is 2.67. The number of rotatable bonds is 4. The minimum atomic E-state index is -0.440. The summed E-state index contributed by atoms with van der Waals surface area (Å²) in [4.78, 5) is 55.2. The maximum absolute atomic E-state index is 13.0. The first-order valence-corrected chi connectivity index (χ1v) is 10.4. The predicted octanol–water partition coefficient (Wildman–Crippen LogP) is -0.605. The van der Waals surface area contributed by atoms with Crippen molar-refractivity contribution in [3.63, 3.8) is 0 Å². The van der Waals surface area contributed by atoms with Gasteiger partial charge in [-0.15, -0.1) is 0 Å². The number of piperidine rings is 3. The molecule has 0 aliphatic carbocycles. The van der Waals surface area contributed by atoms with Gasteiger partial charge in [0, 0.05) is 49.8 Å². The molecule has 3 saturated heterocycles. The van der Waals surface area contributed by atoms with Crippen LogP contribution < -0.4 is 11.1 Å². The van der Waals surface area contributed by atoms with Crippen molar-refractivity contribution in [2.24, 2.45) is 11.8 Å². The third kappa shape index (κ3) is 3.88. The first-order chi connectivity index (χ1) is 13.8. The molecule has 0 saturated carbocycles. The smallest absolute Gasteiger partial charge is 0.266 e. The number of nitrogens with zero attached hydrogens (tertiary/aromatic N) is 3. The molecule has 0 unspecified atom stereocenters. The Morgan fingerprint density at radius 3 is 2.69 bits per heavy atom. The third-order valence-electron chi connectivity index (χ3n) is 6.64. The van der Waals surface area contributed by atoms with Crippen molar-refractivity contribution < 1.29 is 9.59 Å². The lowest BCUT2D eigenvalue weighted by molar-refractivity contribution is -0.156. The van der Waals surface area contributed by atoms with Gasteiger partial charge < -0.3 is 14.7 Å². The van der Waals surface area contributed by atoms with Crippen molar-refractivity contribution in [2.45, 2.75) is 44.2 Å². The zero-order chi connectivity index (χ0) is 20.7. The molecule has 3 aliphatic rings. The number of aromatic nitrogens is 2. The van der Waals surface area contributed by atoms with Crippen molar-refractivity contribution in [1.82, 2.24) is 24.9 Å². The minimum Gasteiger partial charge on any atom is -0.342 e. The number of carbonyl (C=O) groups excluding carboxylic acids is 2. The fourth-order valence-electron chi connectivity index (χ4n) is 5.45. The SMILES string of the molecule is CN(C)C[C@H]1[C@H]2C[C@H](CN(C(=O)Cc3cc(=O)[nH][nH]c3=O)C2)[C@@H]2CCCC(=O)N21. The van der Waals surface area contributed by atoms with Gasteiger partial charge in [0.05, 0.1) is 6.42 Å². The molecule has 2 amide bonds. The first-order valence-electron chi connectivity index (χ1n) is 10.4. The lowest BCUT2D eigenvalue weighted by Gasteiger charge is -2.57. The summed E-state index contributed by atoms with van der Waals surface area (Å²) >= 11 is 0. The van der Waals surface area contributed by atoms with Gasteiger partial charge in [-0.3, -0.25) is 29.4 Å². The second-order valence-corrected chi connectivity index (χ2v) is 8.93. The summed E-state index contributed by atoms with van der Waals surface area (Å²) in [6.45, 7) is 1.99. The van der Waals surface area contributed by atoms with E-state index in [0.29, 0.717) is 19.5 Å². The van der Waals surface area contributed by atoms with Crippen LogP contribution in [0, 0.1) is 11.8 Å². The second kappa shape index (κ2) is 7.78. The molecule has 4 heterocycles. The van der Waals surface area contributed by atoms with E-state index in [1.54, 1.807) is 0 Å². The number of nitrogens with one attached hydrogen (secondary N) is 2. The van der Waals surface area contributed by atoms with Gasteiger partial charge in [-0.05, 0) is 45.2 Å². The predicted molar refractivity (Wildman–Crippen MR) is 106 cm³/mol. The van der Waals surface area contributed by atoms with Crippen LogP contribution in [-0.2, 0) is 16.0 Å². The Labute approximate surface area is 169 Å². The standard InChI is InChI=1S/C20H29N5O4/c1-23(2)11-16-14-6-13(15-4-3-5-18(27)25(15)16)9-24(10-14)19(28)8-12-7-17(26)21-22-20(12)29/h7,13-16H,3-6,8-11H2,1-2H3,(H,21,26)(H,22,29)/t13-,14+,15+,16+/m1/s1. The number of hydrogen-bond donors (Lipinski definition) is 2. The molecule has 4 rings (SSSR count). The van der Waals surface area contributed by atoms with Gasteiger partial charge in [0.1, 0.15) is 0 Å². The molecule has 1 aromatic heterocycles. The van der Waals surface area contributed by atoms with Gasteiger partial charge in [0.15, 0.2) is 0 Å². The molecule has 0 radical (unpaired) electrons. The van der Waals surface area contributed by atoms with E-state index in [0.717, 1.165) is 25.8 Å². The largest absolute Gasteiger partial charge is 0.342 e. The highest BCUT2D eigenvalue weighted by Gasteiger charge is 2.49. The number of H-pyrrole nitrogens is 2. The molecule has 9 heteroatoms. The van der Waals surface area contributed by atoms with Crippen molar-refractivity contribution in [3.8, 4) is 0 Å². The van der Waals surface area contributed by atoms with Gasteiger partial charge in [0.2, 0.25) is 11.8 Å². The summed E-state index contributed by atoms with van der Waals surface area (Å²) in [6.07, 6.45) is 3.47. The van der Waals surface area contributed by atoms with Gasteiger partial charge in [0.25, 0.3) is 11.1 Å². The Kier molecular flexibility index (Phi) is 5.33. The second-order valence-electron chi connectivity index (χ2n) is 8.93. The van der Waals surface area contributed by atoms with Crippen LogP contribution in [0.2, 0.25) is 0 Å². The van der Waals surface area contributed by atoms with Gasteiger partial charge in [-0.2, -0.15) is 0 Å². The Morgan fingerprint density at radius 1 is 1.17 bits per heavy atom. The van der Waals surface area contributed by atoms with Crippen LogP contribution in [0.1, 0.15) is 31.2 Å². The molecular formula is C20H29N5O4. The third-order valence-corrected chi connectivity index (χ3v) is 6.64. The number of hydrogen-bond acceptors (Lipinski definition) is 5. The number of aromatic amines is 2. The first kappa shape index (κ1) is 19.9. The average molecular weight is 403 g/mol. The van der Waals surface area contributed by atoms with Crippen LogP contribution in [0.4, 0.5) is 0 Å². The number of amides is 2. The molecule has 1 aromatic rings. The van der Waals surface area contributed by atoms with Gasteiger partial charge in [-0.25, -0.2) is 0 Å². The fraction of sp³-hybridized carbons (Fsp3) is 0.700. The molecular weight excluding hydrogens is 374 g/mol. The van der Waals surface area contributed by atoms with Crippen LogP contribution in [0.3, 0.4) is 0 Å². The zero-order valence-corrected chi connectivity index (χ0v) is 17.0. The fourth-order valence-corrected chi connectivity index (χ4v) is 5.45. The van der Waals surface area contributed by atoms with Crippen LogP contribution >= 0.6 is 0 Å². The maximum atomic E-state index is 13.0. The van der Waals surface area contributed by atoms with Crippen LogP contribution in [0.5, 0.6) is 0 Å². The monoisotopic (exact) mass is 403 g/mol. The lowest BCUT2D eigenvalue weighted by Crippen LogP contribution is -2.67. The number of likely N-dealkylation sites (tertiary alicyclic amines) is 1. The lowest BCUT2D eigenvalue weighted by atomic mass is 9.72. The Bertz CT molecular complexity index is 907. The van der Waals surface area contributed by atoms with Gasteiger partial charge in [-0.1, -0.05) is 0 Å². The molecule has 4 atom stereocenters. The molecule has 158 valence electrons. The van der Waals surface area contributed by atoms with E-state index in [9.17, 15) is 19.2 Å². The Balaban J connectivity index is 1.56. The topological polar surface area (TPSA) is 110 Å². The van der Waals surface area contributed by atoms with Crippen molar-refractivity contribution in [3.05, 3.63) is 32.3 Å². The van der Waals surface area contributed by atoms with E-state index in [1.807, 2.05) is 19.0 Å².